The molecule has 0 fully saturated rings. The maximum absolute atomic E-state index is 12.0. The van der Waals surface area contributed by atoms with Crippen LogP contribution in [0.3, 0.4) is 0 Å². The lowest BCUT2D eigenvalue weighted by Crippen LogP contribution is -2.21. The summed E-state index contributed by atoms with van der Waals surface area (Å²) in [6, 6.07) is 0. The minimum Gasteiger partial charge on any atom is -0.481 e. The van der Waals surface area contributed by atoms with Crippen molar-refractivity contribution < 1.29 is 19.4 Å². The fraction of sp³-hybridized carbons (Fsp3) is 0.892. The lowest BCUT2D eigenvalue weighted by molar-refractivity contribution is -0.153. The van der Waals surface area contributed by atoms with Crippen LogP contribution in [0.25, 0.3) is 0 Å². The molecule has 0 aliphatic heterocycles. The van der Waals surface area contributed by atoms with Crippen molar-refractivity contribution in [3.05, 3.63) is 12.2 Å². The Morgan fingerprint density at radius 2 is 0.902 bits per heavy atom. The standard InChI is InChI=1S/C37H70O4/c1-3-5-6-7-8-9-10-11-12-13-14-15-16-17-18-19-20-21-22-23-24-25-26-27-28-29-30-31-32-35(34-36(38)39)37(40)41-33-4-2/h14-15,35H,3-13,16-34H2,1-2H3,(H,38,39)/b15-14+. The molecule has 4 nitrogen and oxygen atoms in total. The Balaban J connectivity index is 3.33. The Hall–Kier alpha value is -1.32. The summed E-state index contributed by atoms with van der Waals surface area (Å²) in [7, 11) is 0. The minimum atomic E-state index is -0.915. The third kappa shape index (κ3) is 31.4. The van der Waals surface area contributed by atoms with Crippen LogP contribution in [0, 0.1) is 5.92 Å². The van der Waals surface area contributed by atoms with Gasteiger partial charge in [-0.2, -0.15) is 0 Å². The highest BCUT2D eigenvalue weighted by Gasteiger charge is 2.22. The van der Waals surface area contributed by atoms with Crippen LogP contribution < -0.4 is 0 Å². The average molecular weight is 579 g/mol. The molecule has 0 saturated heterocycles. The summed E-state index contributed by atoms with van der Waals surface area (Å²) >= 11 is 0. The number of esters is 1. The second kappa shape index (κ2) is 33.2. The van der Waals surface area contributed by atoms with Crippen molar-refractivity contribution in [1.82, 2.24) is 0 Å². The van der Waals surface area contributed by atoms with E-state index in [0.29, 0.717) is 13.0 Å². The van der Waals surface area contributed by atoms with Crippen molar-refractivity contribution in [3.63, 3.8) is 0 Å². The third-order valence-corrected chi connectivity index (χ3v) is 8.27. The van der Waals surface area contributed by atoms with Gasteiger partial charge in [-0.05, 0) is 38.5 Å². The quantitative estimate of drug-likeness (QED) is 0.0478. The van der Waals surface area contributed by atoms with Crippen LogP contribution >= 0.6 is 0 Å². The number of rotatable bonds is 33. The molecule has 0 aliphatic carbocycles. The zero-order valence-electron chi connectivity index (χ0n) is 27.6. The summed E-state index contributed by atoms with van der Waals surface area (Å²) in [6.45, 7) is 4.62. The second-order valence-corrected chi connectivity index (χ2v) is 12.4. The summed E-state index contributed by atoms with van der Waals surface area (Å²) in [5, 5.41) is 9.05. The first kappa shape index (κ1) is 39.7. The van der Waals surface area contributed by atoms with E-state index < -0.39 is 11.9 Å². The molecule has 0 radical (unpaired) electrons. The summed E-state index contributed by atoms with van der Waals surface area (Å²) in [4.78, 5) is 23.1. The Bertz CT molecular complexity index is 585. The zero-order chi connectivity index (χ0) is 30.1. The van der Waals surface area contributed by atoms with Crippen LogP contribution in [0.2, 0.25) is 0 Å². The molecule has 0 rings (SSSR count). The highest BCUT2D eigenvalue weighted by Crippen LogP contribution is 2.18. The van der Waals surface area contributed by atoms with Crippen LogP contribution in [-0.2, 0) is 14.3 Å². The number of carbonyl (C=O) groups excluding carboxylic acids is 1. The van der Waals surface area contributed by atoms with Gasteiger partial charge in [-0.1, -0.05) is 167 Å². The lowest BCUT2D eigenvalue weighted by Gasteiger charge is -2.13. The molecule has 0 spiro atoms. The van der Waals surface area contributed by atoms with Gasteiger partial charge in [-0.25, -0.2) is 0 Å². The van der Waals surface area contributed by atoms with E-state index in [2.05, 4.69) is 19.1 Å². The van der Waals surface area contributed by atoms with Gasteiger partial charge < -0.3 is 9.84 Å². The van der Waals surface area contributed by atoms with Gasteiger partial charge in [0.1, 0.15) is 0 Å². The van der Waals surface area contributed by atoms with Crippen molar-refractivity contribution in [3.8, 4) is 0 Å². The van der Waals surface area contributed by atoms with Crippen LogP contribution in [0.4, 0.5) is 0 Å². The summed E-state index contributed by atoms with van der Waals surface area (Å²) in [5.74, 6) is -1.74. The second-order valence-electron chi connectivity index (χ2n) is 12.4. The molecule has 0 bridgehead atoms. The number of unbranched alkanes of at least 4 members (excludes halogenated alkanes) is 24. The molecule has 41 heavy (non-hydrogen) atoms. The highest BCUT2D eigenvalue weighted by molar-refractivity contribution is 5.79. The molecule has 0 aromatic carbocycles. The van der Waals surface area contributed by atoms with Crippen molar-refractivity contribution in [2.75, 3.05) is 6.61 Å². The SMILES string of the molecule is CCCCCCCCCCC/C=C/CCCCCCCCCCCCCCCCCC(CC(=O)O)C(=O)OCCC. The Morgan fingerprint density at radius 1 is 0.537 bits per heavy atom. The number of carboxylic acids is 1. The van der Waals surface area contributed by atoms with Crippen LogP contribution in [0.5, 0.6) is 0 Å². The predicted molar refractivity (Wildman–Crippen MR) is 176 cm³/mol. The number of carboxylic acid groups (broad SMARTS) is 1. The van der Waals surface area contributed by atoms with E-state index in [9.17, 15) is 9.59 Å². The van der Waals surface area contributed by atoms with E-state index in [1.165, 1.54) is 154 Å². The normalized spacial score (nSPS) is 12.2. The van der Waals surface area contributed by atoms with E-state index in [-0.39, 0.29) is 12.4 Å². The minimum absolute atomic E-state index is 0.111. The van der Waals surface area contributed by atoms with Crippen molar-refractivity contribution >= 4 is 11.9 Å². The van der Waals surface area contributed by atoms with E-state index >= 15 is 0 Å². The molecular weight excluding hydrogens is 508 g/mol. The smallest absolute Gasteiger partial charge is 0.309 e. The fourth-order valence-corrected chi connectivity index (χ4v) is 5.59. The number of aliphatic carboxylic acids is 1. The fourth-order valence-electron chi connectivity index (χ4n) is 5.59. The van der Waals surface area contributed by atoms with Crippen LogP contribution in [0.15, 0.2) is 12.2 Å². The van der Waals surface area contributed by atoms with Crippen molar-refractivity contribution in [1.29, 1.82) is 0 Å². The molecule has 242 valence electrons. The van der Waals surface area contributed by atoms with Gasteiger partial charge in [0, 0.05) is 0 Å². The highest BCUT2D eigenvalue weighted by atomic mass is 16.5. The average Bonchev–Trinajstić information content (AvgIpc) is 2.96. The molecule has 0 heterocycles. The summed E-state index contributed by atoms with van der Waals surface area (Å²) < 4.78 is 5.16. The van der Waals surface area contributed by atoms with E-state index in [1.54, 1.807) is 0 Å². The maximum atomic E-state index is 12.0. The zero-order valence-corrected chi connectivity index (χ0v) is 27.6. The van der Waals surface area contributed by atoms with Gasteiger partial charge in [-0.15, -0.1) is 0 Å². The van der Waals surface area contributed by atoms with Gasteiger partial charge in [0.05, 0.1) is 18.9 Å². The molecule has 0 aromatic rings. The van der Waals surface area contributed by atoms with Gasteiger partial charge >= 0.3 is 11.9 Å². The van der Waals surface area contributed by atoms with Gasteiger partial charge in [0.25, 0.3) is 0 Å². The number of ether oxygens (including phenoxy) is 1. The molecule has 0 aliphatic rings. The molecule has 0 saturated carbocycles. The lowest BCUT2D eigenvalue weighted by atomic mass is 9.97. The molecule has 1 unspecified atom stereocenters. The number of hydrogen-bond donors (Lipinski definition) is 1. The Kier molecular flexibility index (Phi) is 32.1. The monoisotopic (exact) mass is 579 g/mol. The molecule has 0 amide bonds. The largest absolute Gasteiger partial charge is 0.481 e. The number of hydrogen-bond acceptors (Lipinski definition) is 3. The van der Waals surface area contributed by atoms with Crippen LogP contribution in [-0.4, -0.2) is 23.7 Å². The maximum Gasteiger partial charge on any atom is 0.309 e. The molecule has 1 N–H and O–H groups in total. The van der Waals surface area contributed by atoms with E-state index in [0.717, 1.165) is 19.3 Å². The number of allylic oxidation sites excluding steroid dienone is 2. The summed E-state index contributed by atoms with van der Waals surface area (Å²) in [6.07, 6.45) is 41.0. The van der Waals surface area contributed by atoms with Crippen molar-refractivity contribution in [2.24, 2.45) is 5.92 Å². The van der Waals surface area contributed by atoms with Gasteiger partial charge in [0.2, 0.25) is 0 Å². The van der Waals surface area contributed by atoms with Crippen LogP contribution in [0.1, 0.15) is 200 Å². The summed E-state index contributed by atoms with van der Waals surface area (Å²) in [5.41, 5.74) is 0. The predicted octanol–water partition coefficient (Wildman–Crippen LogP) is 12.1. The van der Waals surface area contributed by atoms with Gasteiger partial charge in [0.15, 0.2) is 0 Å². The first-order valence-corrected chi connectivity index (χ1v) is 18.1. The Labute approximate surface area is 255 Å². The first-order valence-electron chi connectivity index (χ1n) is 18.1. The van der Waals surface area contributed by atoms with E-state index in [1.807, 2.05) is 6.92 Å². The first-order chi connectivity index (χ1) is 20.1. The van der Waals surface area contributed by atoms with Gasteiger partial charge in [-0.3, -0.25) is 9.59 Å². The molecule has 4 heteroatoms. The molecule has 0 aromatic heterocycles. The van der Waals surface area contributed by atoms with Crippen molar-refractivity contribution in [2.45, 2.75) is 200 Å². The molecular formula is C37H70O4. The van der Waals surface area contributed by atoms with E-state index in [4.69, 9.17) is 9.84 Å². The Morgan fingerprint density at radius 3 is 1.27 bits per heavy atom. The third-order valence-electron chi connectivity index (χ3n) is 8.27. The molecule has 1 atom stereocenters. The topological polar surface area (TPSA) is 63.6 Å². The number of carbonyl (C=O) groups is 2.